The molecular formula is C21H21N3O4. The molecule has 0 aliphatic carbocycles. The molecule has 0 saturated carbocycles. The molecule has 0 saturated heterocycles. The first-order valence-corrected chi connectivity index (χ1v) is 8.74. The summed E-state index contributed by atoms with van der Waals surface area (Å²) in [4.78, 5) is 28.6. The van der Waals surface area contributed by atoms with Crippen LogP contribution in [0, 0.1) is 0 Å². The Labute approximate surface area is 162 Å². The summed E-state index contributed by atoms with van der Waals surface area (Å²) >= 11 is 0. The van der Waals surface area contributed by atoms with E-state index in [0.717, 1.165) is 15.8 Å². The minimum absolute atomic E-state index is 0.172. The van der Waals surface area contributed by atoms with E-state index in [4.69, 9.17) is 9.47 Å². The Bertz CT molecular complexity index is 1040. The van der Waals surface area contributed by atoms with Gasteiger partial charge in [0.05, 0.1) is 14.2 Å². The number of benzene rings is 2. The highest BCUT2D eigenvalue weighted by atomic mass is 16.5. The van der Waals surface area contributed by atoms with Gasteiger partial charge in [-0.05, 0) is 62.4 Å². The molecule has 3 aromatic rings. The van der Waals surface area contributed by atoms with Crippen molar-refractivity contribution < 1.29 is 14.3 Å². The predicted molar refractivity (Wildman–Crippen MR) is 106 cm³/mol. The third kappa shape index (κ3) is 3.78. The highest BCUT2D eigenvalue weighted by Gasteiger charge is 2.19. The van der Waals surface area contributed by atoms with Crippen LogP contribution in [0.2, 0.25) is 0 Å². The van der Waals surface area contributed by atoms with Crippen LogP contribution >= 0.6 is 0 Å². The fraction of sp³-hybridized carbons (Fsp3) is 0.238. The van der Waals surface area contributed by atoms with Crippen LogP contribution in [0.1, 0.15) is 19.9 Å². The predicted octanol–water partition coefficient (Wildman–Crippen LogP) is 3.14. The second kappa shape index (κ2) is 8.04. The number of ketones is 1. The van der Waals surface area contributed by atoms with Gasteiger partial charge in [0.2, 0.25) is 0 Å². The zero-order valence-corrected chi connectivity index (χ0v) is 16.2. The van der Waals surface area contributed by atoms with Crippen LogP contribution < -0.4 is 15.2 Å². The van der Waals surface area contributed by atoms with Gasteiger partial charge in [0, 0.05) is 11.1 Å². The Morgan fingerprint density at radius 2 is 1.36 bits per heavy atom. The second-order valence-corrected chi connectivity index (χ2v) is 6.28. The molecule has 1 atom stereocenters. The lowest BCUT2D eigenvalue weighted by Crippen LogP contribution is -2.32. The maximum absolute atomic E-state index is 12.6. The van der Waals surface area contributed by atoms with Crippen LogP contribution in [-0.2, 0) is 4.79 Å². The van der Waals surface area contributed by atoms with Crippen molar-refractivity contribution in [1.29, 1.82) is 0 Å². The fourth-order valence-electron chi connectivity index (χ4n) is 2.72. The van der Waals surface area contributed by atoms with Crippen LogP contribution in [0.15, 0.2) is 53.3 Å². The van der Waals surface area contributed by atoms with E-state index in [1.807, 2.05) is 24.3 Å². The van der Waals surface area contributed by atoms with Crippen molar-refractivity contribution >= 4 is 5.78 Å². The molecule has 0 fully saturated rings. The summed E-state index contributed by atoms with van der Waals surface area (Å²) in [5.41, 5.74) is 1.83. The molecule has 0 aliphatic heterocycles. The first-order valence-electron chi connectivity index (χ1n) is 8.74. The normalized spacial score (nSPS) is 11.7. The summed E-state index contributed by atoms with van der Waals surface area (Å²) in [6.45, 7) is 3.05. The highest BCUT2D eigenvalue weighted by molar-refractivity contribution is 5.80. The Morgan fingerprint density at radius 1 is 0.893 bits per heavy atom. The molecule has 0 amide bonds. The lowest BCUT2D eigenvalue weighted by Gasteiger charge is -2.15. The first-order chi connectivity index (χ1) is 13.4. The number of hydrogen-bond donors (Lipinski definition) is 0. The maximum Gasteiger partial charge on any atom is 0.365 e. The number of nitrogens with zero attached hydrogens (tertiary/aromatic N) is 3. The van der Waals surface area contributed by atoms with Gasteiger partial charge in [-0.15, -0.1) is 0 Å². The number of rotatable bonds is 6. The van der Waals surface area contributed by atoms with Crippen molar-refractivity contribution in [2.24, 2.45) is 0 Å². The SMILES string of the molecule is COc1ccc(-c2nc(=O)n(C(C)C(C)=O)nc2-c2ccc(OC)cc2)cc1. The third-order valence-electron chi connectivity index (χ3n) is 4.52. The lowest BCUT2D eigenvalue weighted by atomic mass is 10.0. The average molecular weight is 379 g/mol. The van der Waals surface area contributed by atoms with Gasteiger partial charge in [0.1, 0.15) is 28.9 Å². The minimum Gasteiger partial charge on any atom is -0.497 e. The van der Waals surface area contributed by atoms with Gasteiger partial charge in [-0.2, -0.15) is 10.1 Å². The second-order valence-electron chi connectivity index (χ2n) is 6.28. The summed E-state index contributed by atoms with van der Waals surface area (Å²) < 4.78 is 11.5. The van der Waals surface area contributed by atoms with E-state index in [-0.39, 0.29) is 5.78 Å². The topological polar surface area (TPSA) is 83.3 Å². The molecule has 7 nitrogen and oxygen atoms in total. The molecular weight excluding hydrogens is 358 g/mol. The first kappa shape index (κ1) is 19.3. The molecule has 0 aliphatic rings. The van der Waals surface area contributed by atoms with E-state index in [9.17, 15) is 9.59 Å². The van der Waals surface area contributed by atoms with E-state index in [1.165, 1.54) is 6.92 Å². The summed E-state index contributed by atoms with van der Waals surface area (Å²) in [7, 11) is 3.17. The van der Waals surface area contributed by atoms with Crippen molar-refractivity contribution in [3.63, 3.8) is 0 Å². The Kier molecular flexibility index (Phi) is 5.54. The Hall–Kier alpha value is -3.48. The number of Topliss-reactive ketones (excluding diaryl/α,β-unsaturated/α-hetero) is 1. The molecule has 0 spiro atoms. The summed E-state index contributed by atoms with van der Waals surface area (Å²) in [6, 6.07) is 13.8. The number of aromatic nitrogens is 3. The van der Waals surface area contributed by atoms with Crippen LogP contribution in [0.5, 0.6) is 11.5 Å². The monoisotopic (exact) mass is 379 g/mol. The fourth-order valence-corrected chi connectivity index (χ4v) is 2.72. The summed E-state index contributed by atoms with van der Waals surface area (Å²) in [5, 5.41) is 4.49. The van der Waals surface area contributed by atoms with Crippen molar-refractivity contribution in [1.82, 2.24) is 14.8 Å². The van der Waals surface area contributed by atoms with E-state index in [1.54, 1.807) is 45.4 Å². The zero-order chi connectivity index (χ0) is 20.3. The maximum atomic E-state index is 12.6. The average Bonchev–Trinajstić information content (AvgIpc) is 2.73. The quantitative estimate of drug-likeness (QED) is 0.654. The summed E-state index contributed by atoms with van der Waals surface area (Å²) in [5.74, 6) is 1.23. The number of hydrogen-bond acceptors (Lipinski definition) is 6. The minimum atomic E-state index is -0.707. The van der Waals surface area contributed by atoms with Gasteiger partial charge in [0.15, 0.2) is 5.78 Å². The molecule has 144 valence electrons. The van der Waals surface area contributed by atoms with Gasteiger partial charge in [-0.3, -0.25) is 4.79 Å². The molecule has 7 heteroatoms. The molecule has 1 heterocycles. The molecule has 1 aromatic heterocycles. The van der Waals surface area contributed by atoms with Crippen molar-refractivity contribution in [3.05, 3.63) is 59.0 Å². The van der Waals surface area contributed by atoms with E-state index in [2.05, 4.69) is 10.1 Å². The van der Waals surface area contributed by atoms with Gasteiger partial charge in [-0.25, -0.2) is 9.48 Å². The van der Waals surface area contributed by atoms with Crippen molar-refractivity contribution in [3.8, 4) is 34.0 Å². The van der Waals surface area contributed by atoms with E-state index >= 15 is 0 Å². The van der Waals surface area contributed by atoms with Crippen molar-refractivity contribution in [2.75, 3.05) is 14.2 Å². The molecule has 28 heavy (non-hydrogen) atoms. The van der Waals surface area contributed by atoms with Crippen molar-refractivity contribution in [2.45, 2.75) is 19.9 Å². The Balaban J connectivity index is 2.22. The standard InChI is InChI=1S/C21H21N3O4/c1-13(14(2)25)24-21(26)22-19(15-5-9-17(27-3)10-6-15)20(23-24)16-7-11-18(28-4)12-8-16/h5-13H,1-4H3. The zero-order valence-electron chi connectivity index (χ0n) is 16.2. The van der Waals surface area contributed by atoms with E-state index in [0.29, 0.717) is 22.9 Å². The molecule has 3 rings (SSSR count). The lowest BCUT2D eigenvalue weighted by molar-refractivity contribution is -0.120. The third-order valence-corrected chi connectivity index (χ3v) is 4.52. The number of methoxy groups -OCH3 is 2. The van der Waals surface area contributed by atoms with Crippen LogP contribution in [-0.4, -0.2) is 34.8 Å². The van der Waals surface area contributed by atoms with Gasteiger partial charge in [0.25, 0.3) is 0 Å². The largest absolute Gasteiger partial charge is 0.497 e. The molecule has 0 N–H and O–H groups in total. The highest BCUT2D eigenvalue weighted by Crippen LogP contribution is 2.30. The van der Waals surface area contributed by atoms with Gasteiger partial charge < -0.3 is 9.47 Å². The molecule has 0 radical (unpaired) electrons. The molecule has 2 aromatic carbocycles. The Morgan fingerprint density at radius 3 is 1.79 bits per heavy atom. The summed E-state index contributed by atoms with van der Waals surface area (Å²) in [6.07, 6.45) is 0. The van der Waals surface area contributed by atoms with E-state index < -0.39 is 11.7 Å². The number of carbonyl (C=O) groups is 1. The molecule has 0 bridgehead atoms. The molecule has 1 unspecified atom stereocenters. The smallest absolute Gasteiger partial charge is 0.365 e. The van der Waals surface area contributed by atoms with Gasteiger partial charge >= 0.3 is 5.69 Å². The number of ether oxygens (including phenoxy) is 2. The van der Waals surface area contributed by atoms with Crippen LogP contribution in [0.25, 0.3) is 22.5 Å². The van der Waals surface area contributed by atoms with Gasteiger partial charge in [-0.1, -0.05) is 0 Å². The van der Waals surface area contributed by atoms with Crippen LogP contribution in [0.4, 0.5) is 0 Å². The number of carbonyl (C=O) groups excluding carboxylic acids is 1. The van der Waals surface area contributed by atoms with Crippen LogP contribution in [0.3, 0.4) is 0 Å².